The number of benzene rings is 2. The number of hydrogen-bond acceptors (Lipinski definition) is 6. The number of rotatable bonds is 5. The quantitative estimate of drug-likeness (QED) is 0.270. The number of halogens is 4. The molecule has 3 rings (SSSR count). The number of carbonyl (C=O) groups is 2. The van der Waals surface area contributed by atoms with Gasteiger partial charge in [-0.25, -0.2) is 14.5 Å². The molecule has 11 heteroatoms. The zero-order valence-electron chi connectivity index (χ0n) is 22.5. The number of imide groups is 1. The summed E-state index contributed by atoms with van der Waals surface area (Å²) in [4.78, 5) is 31.7. The Morgan fingerprint density at radius 3 is 1.97 bits per heavy atom. The fourth-order valence-electron chi connectivity index (χ4n) is 3.73. The second-order valence-corrected chi connectivity index (χ2v) is 11.3. The van der Waals surface area contributed by atoms with E-state index in [0.717, 1.165) is 15.8 Å². The van der Waals surface area contributed by atoms with Gasteiger partial charge in [-0.2, -0.15) is 0 Å². The van der Waals surface area contributed by atoms with E-state index in [0.29, 0.717) is 27.5 Å². The Kier molecular flexibility index (Phi) is 8.84. The van der Waals surface area contributed by atoms with Gasteiger partial charge < -0.3 is 14.2 Å². The van der Waals surface area contributed by atoms with Gasteiger partial charge in [-0.15, -0.1) is 13.2 Å². The van der Waals surface area contributed by atoms with Crippen molar-refractivity contribution in [3.8, 4) is 16.9 Å². The van der Waals surface area contributed by atoms with E-state index in [1.807, 2.05) is 6.07 Å². The SMILES string of the molecule is CC(C)(C)OC(=O)N(Cc1cc(-c2ccc(OC(F)(F)F)cc2)c2cccnc2c1CBr)C(=O)OC(C)(C)C. The third-order valence-corrected chi connectivity index (χ3v) is 5.74. The van der Waals surface area contributed by atoms with Crippen molar-refractivity contribution in [3.05, 3.63) is 59.8 Å². The molecule has 2 aromatic carbocycles. The first-order valence-electron chi connectivity index (χ1n) is 12.0. The standard InChI is InChI=1S/C28H30BrF3N2O5/c1-26(2,3)38-24(35)34(25(36)39-27(4,5)6)16-18-14-21(20-8-7-13-33-23(20)22(18)15-29)17-9-11-19(12-10-17)37-28(30,31)32/h7-14H,15-16H2,1-6H3. The molecule has 0 unspecified atom stereocenters. The lowest BCUT2D eigenvalue weighted by molar-refractivity contribution is -0.274. The largest absolute Gasteiger partial charge is 0.573 e. The molecular weight excluding hydrogens is 581 g/mol. The van der Waals surface area contributed by atoms with Crippen molar-refractivity contribution in [3.63, 3.8) is 0 Å². The van der Waals surface area contributed by atoms with E-state index < -0.39 is 29.8 Å². The van der Waals surface area contributed by atoms with Crippen LogP contribution in [0.2, 0.25) is 0 Å². The summed E-state index contributed by atoms with van der Waals surface area (Å²) in [5.74, 6) is -0.355. The van der Waals surface area contributed by atoms with Gasteiger partial charge in [0.15, 0.2) is 0 Å². The van der Waals surface area contributed by atoms with E-state index in [-0.39, 0.29) is 12.3 Å². The van der Waals surface area contributed by atoms with Gasteiger partial charge >= 0.3 is 18.5 Å². The van der Waals surface area contributed by atoms with Crippen molar-refractivity contribution < 1.29 is 37.0 Å². The number of pyridine rings is 1. The van der Waals surface area contributed by atoms with Crippen LogP contribution in [0.25, 0.3) is 22.0 Å². The second-order valence-electron chi connectivity index (χ2n) is 10.7. The molecule has 7 nitrogen and oxygen atoms in total. The van der Waals surface area contributed by atoms with Gasteiger partial charge in [0, 0.05) is 16.9 Å². The molecule has 0 bridgehead atoms. The summed E-state index contributed by atoms with van der Waals surface area (Å²) in [5, 5.41) is 1.09. The van der Waals surface area contributed by atoms with Crippen LogP contribution in [0.15, 0.2) is 48.7 Å². The van der Waals surface area contributed by atoms with E-state index in [2.05, 4.69) is 25.7 Å². The van der Waals surface area contributed by atoms with Crippen molar-refractivity contribution in [2.24, 2.45) is 0 Å². The van der Waals surface area contributed by atoms with E-state index in [1.54, 1.807) is 59.9 Å². The first-order chi connectivity index (χ1) is 18.0. The van der Waals surface area contributed by atoms with Crippen LogP contribution in [-0.4, -0.2) is 39.6 Å². The Balaban J connectivity index is 2.14. The predicted octanol–water partition coefficient (Wildman–Crippen LogP) is 8.37. The van der Waals surface area contributed by atoms with Gasteiger partial charge in [-0.3, -0.25) is 4.98 Å². The lowest BCUT2D eigenvalue weighted by Gasteiger charge is -2.29. The number of aromatic nitrogens is 1. The van der Waals surface area contributed by atoms with Crippen molar-refractivity contribution >= 4 is 39.0 Å². The van der Waals surface area contributed by atoms with Crippen LogP contribution >= 0.6 is 15.9 Å². The summed E-state index contributed by atoms with van der Waals surface area (Å²) in [6.07, 6.45) is -4.96. The minimum Gasteiger partial charge on any atom is -0.443 e. The first kappa shape index (κ1) is 30.2. The molecule has 0 atom stereocenters. The van der Waals surface area contributed by atoms with Gasteiger partial charge in [0.1, 0.15) is 17.0 Å². The van der Waals surface area contributed by atoms with Gasteiger partial charge in [0.05, 0.1) is 12.1 Å². The van der Waals surface area contributed by atoms with E-state index in [9.17, 15) is 22.8 Å². The Morgan fingerprint density at radius 1 is 0.923 bits per heavy atom. The maximum absolute atomic E-state index is 13.1. The van der Waals surface area contributed by atoms with Crippen LogP contribution in [0.3, 0.4) is 0 Å². The molecule has 0 N–H and O–H groups in total. The molecule has 0 aliphatic heterocycles. The Hall–Kier alpha value is -3.34. The van der Waals surface area contributed by atoms with Crippen LogP contribution in [0.5, 0.6) is 5.75 Å². The lowest BCUT2D eigenvalue weighted by Crippen LogP contribution is -2.43. The molecule has 1 heterocycles. The van der Waals surface area contributed by atoms with Crippen molar-refractivity contribution in [1.29, 1.82) is 0 Å². The van der Waals surface area contributed by atoms with E-state index in [4.69, 9.17) is 9.47 Å². The molecule has 3 aromatic rings. The molecule has 1 aromatic heterocycles. The van der Waals surface area contributed by atoms with Crippen LogP contribution in [-0.2, 0) is 21.3 Å². The molecule has 0 radical (unpaired) electrons. The normalized spacial score (nSPS) is 12.3. The summed E-state index contributed by atoms with van der Waals surface area (Å²) in [5.41, 5.74) is 1.39. The van der Waals surface area contributed by atoms with Crippen LogP contribution in [0, 0.1) is 0 Å². The summed E-state index contributed by atoms with van der Waals surface area (Å²) in [6, 6.07) is 10.8. The topological polar surface area (TPSA) is 78.0 Å². The summed E-state index contributed by atoms with van der Waals surface area (Å²) in [7, 11) is 0. The lowest BCUT2D eigenvalue weighted by atomic mass is 9.94. The highest BCUT2D eigenvalue weighted by atomic mass is 79.9. The number of fused-ring (bicyclic) bond motifs is 1. The smallest absolute Gasteiger partial charge is 0.443 e. The molecule has 39 heavy (non-hydrogen) atoms. The van der Waals surface area contributed by atoms with Gasteiger partial charge in [-0.05, 0) is 88.1 Å². The molecule has 0 aliphatic rings. The highest BCUT2D eigenvalue weighted by Gasteiger charge is 2.33. The minimum atomic E-state index is -4.81. The van der Waals surface area contributed by atoms with Crippen molar-refractivity contribution in [2.45, 2.75) is 71.0 Å². The first-order valence-corrected chi connectivity index (χ1v) is 13.1. The summed E-state index contributed by atoms with van der Waals surface area (Å²) < 4.78 is 52.9. The maximum atomic E-state index is 13.1. The second kappa shape index (κ2) is 11.4. The average Bonchev–Trinajstić information content (AvgIpc) is 2.79. The highest BCUT2D eigenvalue weighted by Crippen LogP contribution is 2.35. The number of amides is 2. The van der Waals surface area contributed by atoms with Crippen LogP contribution in [0.1, 0.15) is 52.7 Å². The van der Waals surface area contributed by atoms with Crippen molar-refractivity contribution in [2.75, 3.05) is 0 Å². The zero-order chi connectivity index (χ0) is 29.2. The van der Waals surface area contributed by atoms with Crippen LogP contribution < -0.4 is 4.74 Å². The van der Waals surface area contributed by atoms with Gasteiger partial charge in [0.25, 0.3) is 0 Å². The molecule has 210 valence electrons. The number of nitrogens with zero attached hydrogens (tertiary/aromatic N) is 2. The number of ether oxygens (including phenoxy) is 3. The monoisotopic (exact) mass is 610 g/mol. The van der Waals surface area contributed by atoms with E-state index in [1.165, 1.54) is 24.3 Å². The van der Waals surface area contributed by atoms with Gasteiger partial charge in [-0.1, -0.05) is 34.1 Å². The van der Waals surface area contributed by atoms with Crippen LogP contribution in [0.4, 0.5) is 22.8 Å². The zero-order valence-corrected chi connectivity index (χ0v) is 24.1. The molecule has 0 saturated carbocycles. The highest BCUT2D eigenvalue weighted by molar-refractivity contribution is 9.08. The fourth-order valence-corrected chi connectivity index (χ4v) is 4.35. The summed E-state index contributed by atoms with van der Waals surface area (Å²) >= 11 is 3.50. The fraction of sp³-hybridized carbons (Fsp3) is 0.393. The average molecular weight is 611 g/mol. The molecule has 0 fully saturated rings. The Labute approximate surface area is 233 Å². The molecule has 2 amide bonds. The number of hydrogen-bond donors (Lipinski definition) is 0. The molecule has 0 spiro atoms. The predicted molar refractivity (Wildman–Crippen MR) is 145 cm³/mol. The number of alkyl halides is 4. The Bertz CT molecular complexity index is 1320. The third-order valence-electron chi connectivity index (χ3n) is 5.18. The summed E-state index contributed by atoms with van der Waals surface area (Å²) in [6.45, 7) is 9.93. The molecule has 0 saturated heterocycles. The van der Waals surface area contributed by atoms with E-state index >= 15 is 0 Å². The minimum absolute atomic E-state index is 0.195. The van der Waals surface area contributed by atoms with Crippen molar-refractivity contribution in [1.82, 2.24) is 9.88 Å². The van der Waals surface area contributed by atoms with Gasteiger partial charge in [0.2, 0.25) is 0 Å². The third kappa shape index (κ3) is 8.32. The molecular formula is C28H30BrF3N2O5. The maximum Gasteiger partial charge on any atom is 0.573 e. The number of carbonyl (C=O) groups excluding carboxylic acids is 2. The molecule has 0 aliphatic carbocycles. The Morgan fingerprint density at radius 2 is 1.49 bits per heavy atom.